The van der Waals surface area contributed by atoms with Crippen molar-refractivity contribution >= 4 is 5.96 Å². The molecule has 1 heterocycles. The van der Waals surface area contributed by atoms with Gasteiger partial charge < -0.3 is 25.3 Å². The molecule has 0 aromatic heterocycles. The fraction of sp³-hybridized carbons (Fsp3) is 0.632. The van der Waals surface area contributed by atoms with E-state index in [0.29, 0.717) is 25.7 Å². The zero-order valence-electron chi connectivity index (χ0n) is 15.8. The smallest absolute Gasteiger partial charge is 0.188 e. The van der Waals surface area contributed by atoms with Gasteiger partial charge in [0.15, 0.2) is 5.96 Å². The molecule has 7 nitrogen and oxygen atoms in total. The Bertz CT molecular complexity index is 533. The summed E-state index contributed by atoms with van der Waals surface area (Å²) >= 11 is 0. The molecule has 1 saturated heterocycles. The third kappa shape index (κ3) is 8.51. The summed E-state index contributed by atoms with van der Waals surface area (Å²) in [4.78, 5) is 6.82. The fourth-order valence-corrected chi connectivity index (χ4v) is 2.70. The largest absolute Gasteiger partial charge is 0.493 e. The molecule has 1 aliphatic heterocycles. The minimum Gasteiger partial charge on any atom is -0.493 e. The van der Waals surface area contributed by atoms with Gasteiger partial charge in [0.1, 0.15) is 5.75 Å². The zero-order chi connectivity index (χ0) is 18.5. The third-order valence-corrected chi connectivity index (χ3v) is 4.15. The van der Waals surface area contributed by atoms with Crippen LogP contribution >= 0.6 is 0 Å². The second-order valence-electron chi connectivity index (χ2n) is 6.28. The van der Waals surface area contributed by atoms with Crippen molar-refractivity contribution in [1.29, 1.82) is 0 Å². The summed E-state index contributed by atoms with van der Waals surface area (Å²) in [6, 6.07) is 7.95. The van der Waals surface area contributed by atoms with E-state index >= 15 is 0 Å². The summed E-state index contributed by atoms with van der Waals surface area (Å²) in [6.07, 6.45) is 1.92. The molecular formula is C19H32N4O3. The number of guanidine groups is 1. The number of hydrogen-bond donors (Lipinski definition) is 2. The zero-order valence-corrected chi connectivity index (χ0v) is 15.8. The Labute approximate surface area is 156 Å². The van der Waals surface area contributed by atoms with E-state index in [1.807, 2.05) is 24.3 Å². The molecule has 1 aliphatic rings. The first-order valence-electron chi connectivity index (χ1n) is 9.32. The number of methoxy groups -OCH3 is 1. The van der Waals surface area contributed by atoms with Crippen LogP contribution in [0.3, 0.4) is 0 Å². The molecular weight excluding hydrogens is 332 g/mol. The predicted molar refractivity (Wildman–Crippen MR) is 104 cm³/mol. The van der Waals surface area contributed by atoms with Gasteiger partial charge in [0, 0.05) is 39.8 Å². The van der Waals surface area contributed by atoms with Gasteiger partial charge in [-0.25, -0.2) is 4.99 Å². The molecule has 26 heavy (non-hydrogen) atoms. The summed E-state index contributed by atoms with van der Waals surface area (Å²) in [7, 11) is 1.69. The van der Waals surface area contributed by atoms with E-state index in [4.69, 9.17) is 19.9 Å². The number of benzene rings is 1. The number of aliphatic imine (C=N–C) groups is 1. The first-order valence-corrected chi connectivity index (χ1v) is 9.32. The highest BCUT2D eigenvalue weighted by Gasteiger charge is 2.08. The first-order chi connectivity index (χ1) is 12.8. The van der Waals surface area contributed by atoms with E-state index in [9.17, 15) is 0 Å². The summed E-state index contributed by atoms with van der Waals surface area (Å²) in [6.45, 7) is 7.50. The Morgan fingerprint density at radius 3 is 2.92 bits per heavy atom. The van der Waals surface area contributed by atoms with E-state index in [-0.39, 0.29) is 0 Å². The summed E-state index contributed by atoms with van der Waals surface area (Å²) in [5.41, 5.74) is 7.03. The number of nitrogens with two attached hydrogens (primary N) is 1. The molecule has 0 aliphatic carbocycles. The number of nitrogens with zero attached hydrogens (tertiary/aromatic N) is 2. The number of hydrogen-bond acceptors (Lipinski definition) is 5. The summed E-state index contributed by atoms with van der Waals surface area (Å²) in [5.74, 6) is 1.34. The van der Waals surface area contributed by atoms with Crippen LogP contribution in [0.5, 0.6) is 5.75 Å². The Hall–Kier alpha value is -1.83. The Morgan fingerprint density at radius 1 is 1.27 bits per heavy atom. The molecule has 3 N–H and O–H groups in total. The fourth-order valence-electron chi connectivity index (χ4n) is 2.70. The average Bonchev–Trinajstić information content (AvgIpc) is 2.68. The standard InChI is InChI=1S/C19H32N4O3/c1-24-11-4-12-26-18-6-2-5-17(15-18)16-22-19(20)21-7-3-8-23-9-13-25-14-10-23/h2,5-6,15H,3-4,7-14,16H2,1H3,(H3,20,21,22). The molecule has 0 spiro atoms. The van der Waals surface area contributed by atoms with Crippen LogP contribution in [0.15, 0.2) is 29.3 Å². The lowest BCUT2D eigenvalue weighted by molar-refractivity contribution is 0.0376. The van der Waals surface area contributed by atoms with Gasteiger partial charge in [-0.3, -0.25) is 4.90 Å². The van der Waals surface area contributed by atoms with Crippen LogP contribution in [0, 0.1) is 0 Å². The Balaban J connectivity index is 1.64. The van der Waals surface area contributed by atoms with Crippen LogP contribution in [-0.2, 0) is 16.0 Å². The van der Waals surface area contributed by atoms with E-state index in [1.54, 1.807) is 7.11 Å². The number of morpholine rings is 1. The van der Waals surface area contributed by atoms with Crippen molar-refractivity contribution in [2.75, 3.05) is 59.7 Å². The van der Waals surface area contributed by atoms with E-state index in [1.165, 1.54) is 0 Å². The molecule has 1 aromatic carbocycles. The third-order valence-electron chi connectivity index (χ3n) is 4.15. The average molecular weight is 364 g/mol. The second-order valence-corrected chi connectivity index (χ2v) is 6.28. The lowest BCUT2D eigenvalue weighted by Gasteiger charge is -2.26. The van der Waals surface area contributed by atoms with Gasteiger partial charge >= 0.3 is 0 Å². The maximum absolute atomic E-state index is 5.95. The lowest BCUT2D eigenvalue weighted by atomic mass is 10.2. The van der Waals surface area contributed by atoms with Crippen LogP contribution in [0.25, 0.3) is 0 Å². The number of ether oxygens (including phenoxy) is 3. The Kier molecular flexibility index (Phi) is 9.86. The van der Waals surface area contributed by atoms with Gasteiger partial charge in [0.05, 0.1) is 26.4 Å². The highest BCUT2D eigenvalue weighted by atomic mass is 16.5. The normalized spacial score (nSPS) is 15.8. The number of nitrogens with one attached hydrogen (secondary N) is 1. The molecule has 1 fully saturated rings. The summed E-state index contributed by atoms with van der Waals surface area (Å²) < 4.78 is 16.1. The molecule has 0 atom stereocenters. The van der Waals surface area contributed by atoms with Crippen LogP contribution in [0.1, 0.15) is 18.4 Å². The van der Waals surface area contributed by atoms with Crippen molar-refractivity contribution in [3.05, 3.63) is 29.8 Å². The van der Waals surface area contributed by atoms with Gasteiger partial charge in [-0.15, -0.1) is 0 Å². The maximum Gasteiger partial charge on any atom is 0.188 e. The minimum atomic E-state index is 0.485. The Morgan fingerprint density at radius 2 is 2.12 bits per heavy atom. The molecule has 0 unspecified atom stereocenters. The van der Waals surface area contributed by atoms with Crippen molar-refractivity contribution < 1.29 is 14.2 Å². The molecule has 0 saturated carbocycles. The van der Waals surface area contributed by atoms with Gasteiger partial charge in [0.25, 0.3) is 0 Å². The SMILES string of the molecule is COCCCOc1cccc(CN=C(N)NCCCN2CCOCC2)c1. The first kappa shape index (κ1) is 20.5. The topological polar surface area (TPSA) is 81.3 Å². The second kappa shape index (κ2) is 12.5. The van der Waals surface area contributed by atoms with Crippen LogP contribution < -0.4 is 15.8 Å². The van der Waals surface area contributed by atoms with Crippen molar-refractivity contribution in [3.63, 3.8) is 0 Å². The van der Waals surface area contributed by atoms with E-state index < -0.39 is 0 Å². The predicted octanol–water partition coefficient (Wildman–Crippen LogP) is 1.23. The molecule has 2 rings (SSSR count). The number of rotatable bonds is 11. The van der Waals surface area contributed by atoms with Crippen molar-refractivity contribution in [2.45, 2.75) is 19.4 Å². The van der Waals surface area contributed by atoms with Crippen molar-refractivity contribution in [3.8, 4) is 5.75 Å². The lowest BCUT2D eigenvalue weighted by Crippen LogP contribution is -2.39. The van der Waals surface area contributed by atoms with Gasteiger partial charge in [-0.1, -0.05) is 12.1 Å². The van der Waals surface area contributed by atoms with Crippen LogP contribution in [0.2, 0.25) is 0 Å². The van der Waals surface area contributed by atoms with E-state index in [2.05, 4.69) is 15.2 Å². The van der Waals surface area contributed by atoms with Gasteiger partial charge in [-0.2, -0.15) is 0 Å². The summed E-state index contributed by atoms with van der Waals surface area (Å²) in [5, 5.41) is 3.18. The van der Waals surface area contributed by atoms with Gasteiger partial charge in [0.2, 0.25) is 0 Å². The molecule has 146 valence electrons. The molecule has 1 aromatic rings. The molecule has 0 radical (unpaired) electrons. The van der Waals surface area contributed by atoms with Crippen LogP contribution in [0.4, 0.5) is 0 Å². The van der Waals surface area contributed by atoms with Crippen LogP contribution in [-0.4, -0.2) is 70.6 Å². The minimum absolute atomic E-state index is 0.485. The van der Waals surface area contributed by atoms with Gasteiger partial charge in [-0.05, 0) is 30.7 Å². The molecule has 7 heteroatoms. The maximum atomic E-state index is 5.95. The van der Waals surface area contributed by atoms with Crippen molar-refractivity contribution in [2.24, 2.45) is 10.7 Å². The molecule has 0 amide bonds. The van der Waals surface area contributed by atoms with E-state index in [0.717, 1.165) is 63.5 Å². The highest BCUT2D eigenvalue weighted by Crippen LogP contribution is 2.14. The highest BCUT2D eigenvalue weighted by molar-refractivity contribution is 5.77. The molecule has 0 bridgehead atoms. The van der Waals surface area contributed by atoms with Crippen molar-refractivity contribution in [1.82, 2.24) is 10.2 Å². The monoisotopic (exact) mass is 364 g/mol. The quantitative estimate of drug-likeness (QED) is 0.349.